The van der Waals surface area contributed by atoms with Crippen LogP contribution in [0.5, 0.6) is 5.75 Å². The number of ether oxygens (including phenoxy) is 1. The van der Waals surface area contributed by atoms with E-state index < -0.39 is 0 Å². The third kappa shape index (κ3) is 3.92. The summed E-state index contributed by atoms with van der Waals surface area (Å²) in [5, 5.41) is 10.0. The lowest BCUT2D eigenvalue weighted by molar-refractivity contribution is 0.0509. The predicted molar refractivity (Wildman–Crippen MR) is 90.9 cm³/mol. The Morgan fingerprint density at radius 3 is 2.83 bits per heavy atom. The monoisotopic (exact) mass is 331 g/mol. The van der Waals surface area contributed by atoms with E-state index in [1.54, 1.807) is 17.0 Å². The van der Waals surface area contributed by atoms with Crippen molar-refractivity contribution in [1.29, 1.82) is 0 Å². The fourth-order valence-corrected chi connectivity index (χ4v) is 3.64. The number of hydrogen-bond donors (Lipinski definition) is 1. The molecule has 23 heavy (non-hydrogen) atoms. The molecule has 0 aliphatic carbocycles. The molecule has 1 amide bonds. The van der Waals surface area contributed by atoms with Crippen LogP contribution in [0.3, 0.4) is 0 Å². The van der Waals surface area contributed by atoms with Gasteiger partial charge in [-0.05, 0) is 38.0 Å². The Morgan fingerprint density at radius 1 is 1.35 bits per heavy atom. The summed E-state index contributed by atoms with van der Waals surface area (Å²) in [6, 6.07) is 11.0. The Labute approximate surface area is 140 Å². The molecule has 1 unspecified atom stereocenters. The molecule has 2 heterocycles. The SMILES string of the molecule is Cc1ccc(C(=O)N(Cc2ccccc2O)CC2CCCO2)s1. The molecule has 0 spiro atoms. The summed E-state index contributed by atoms with van der Waals surface area (Å²) in [6.45, 7) is 3.71. The van der Waals surface area contributed by atoms with Gasteiger partial charge in [0.2, 0.25) is 0 Å². The Morgan fingerprint density at radius 2 is 2.17 bits per heavy atom. The summed E-state index contributed by atoms with van der Waals surface area (Å²) < 4.78 is 5.69. The minimum absolute atomic E-state index is 0.00172. The van der Waals surface area contributed by atoms with Crippen molar-refractivity contribution in [3.63, 3.8) is 0 Å². The first-order valence-electron chi connectivity index (χ1n) is 7.87. The summed E-state index contributed by atoms with van der Waals surface area (Å²) in [6.07, 6.45) is 2.11. The van der Waals surface area contributed by atoms with Crippen molar-refractivity contribution in [2.45, 2.75) is 32.4 Å². The van der Waals surface area contributed by atoms with Crippen molar-refractivity contribution in [2.24, 2.45) is 0 Å². The first-order valence-corrected chi connectivity index (χ1v) is 8.69. The number of hydrogen-bond acceptors (Lipinski definition) is 4. The predicted octanol–water partition coefficient (Wildman–Crippen LogP) is 3.58. The van der Waals surface area contributed by atoms with Crippen LogP contribution in [-0.2, 0) is 11.3 Å². The third-order valence-electron chi connectivity index (χ3n) is 4.04. The van der Waals surface area contributed by atoms with Gasteiger partial charge < -0.3 is 14.7 Å². The standard InChI is InChI=1S/C18H21NO3S/c1-13-8-9-17(23-13)18(21)19(12-15-6-4-10-22-15)11-14-5-2-3-7-16(14)20/h2-3,5,7-9,15,20H,4,6,10-12H2,1H3. The number of phenols is 1. The molecule has 0 saturated carbocycles. The average molecular weight is 331 g/mol. The maximum absolute atomic E-state index is 12.9. The van der Waals surface area contributed by atoms with E-state index in [2.05, 4.69) is 0 Å². The number of nitrogens with zero attached hydrogens (tertiary/aromatic N) is 1. The Hall–Kier alpha value is -1.85. The van der Waals surface area contributed by atoms with E-state index in [1.807, 2.05) is 31.2 Å². The fourth-order valence-electron chi connectivity index (χ4n) is 2.81. The lowest BCUT2D eigenvalue weighted by atomic mass is 10.1. The van der Waals surface area contributed by atoms with Gasteiger partial charge in [0.1, 0.15) is 5.75 Å². The van der Waals surface area contributed by atoms with Gasteiger partial charge in [-0.3, -0.25) is 4.79 Å². The van der Waals surface area contributed by atoms with Gasteiger partial charge in [-0.15, -0.1) is 11.3 Å². The van der Waals surface area contributed by atoms with Crippen LogP contribution in [0.1, 0.15) is 33.0 Å². The summed E-state index contributed by atoms with van der Waals surface area (Å²) in [5.74, 6) is 0.224. The first-order chi connectivity index (χ1) is 11.1. The van der Waals surface area contributed by atoms with Gasteiger partial charge in [0.15, 0.2) is 0 Å². The van der Waals surface area contributed by atoms with Crippen LogP contribution in [0.4, 0.5) is 0 Å². The summed E-state index contributed by atoms with van der Waals surface area (Å²) in [4.78, 5) is 16.5. The number of aromatic hydroxyl groups is 1. The highest BCUT2D eigenvalue weighted by Crippen LogP contribution is 2.23. The maximum atomic E-state index is 12.9. The number of carbonyl (C=O) groups is 1. The van der Waals surface area contributed by atoms with Crippen molar-refractivity contribution < 1.29 is 14.6 Å². The second-order valence-corrected chi connectivity index (χ2v) is 7.15. The summed E-state index contributed by atoms with van der Waals surface area (Å²) in [7, 11) is 0. The number of rotatable bonds is 5. The Bertz CT molecular complexity index is 676. The topological polar surface area (TPSA) is 49.8 Å². The number of thiophene rings is 1. The molecule has 1 atom stereocenters. The van der Waals surface area contributed by atoms with Crippen LogP contribution in [0, 0.1) is 6.92 Å². The molecule has 1 aromatic carbocycles. The molecule has 0 radical (unpaired) electrons. The molecule has 122 valence electrons. The van der Waals surface area contributed by atoms with Gasteiger partial charge in [0.05, 0.1) is 11.0 Å². The number of benzene rings is 1. The van der Waals surface area contributed by atoms with Crippen LogP contribution < -0.4 is 0 Å². The van der Waals surface area contributed by atoms with Gasteiger partial charge in [0, 0.05) is 30.1 Å². The molecule has 4 nitrogen and oxygen atoms in total. The van der Waals surface area contributed by atoms with E-state index in [1.165, 1.54) is 11.3 Å². The molecular formula is C18H21NO3S. The normalized spacial score (nSPS) is 17.3. The van der Waals surface area contributed by atoms with E-state index in [0.29, 0.717) is 13.1 Å². The van der Waals surface area contributed by atoms with Gasteiger partial charge in [0.25, 0.3) is 5.91 Å². The number of phenolic OH excluding ortho intramolecular Hbond substituents is 1. The lowest BCUT2D eigenvalue weighted by Crippen LogP contribution is -2.36. The minimum atomic E-state index is 0.00172. The highest BCUT2D eigenvalue weighted by molar-refractivity contribution is 7.13. The smallest absolute Gasteiger partial charge is 0.264 e. The quantitative estimate of drug-likeness (QED) is 0.911. The van der Waals surface area contributed by atoms with E-state index >= 15 is 0 Å². The Kier molecular flexibility index (Phi) is 4.98. The van der Waals surface area contributed by atoms with E-state index in [4.69, 9.17) is 4.74 Å². The van der Waals surface area contributed by atoms with Crippen LogP contribution in [0.2, 0.25) is 0 Å². The molecular weight excluding hydrogens is 310 g/mol. The van der Waals surface area contributed by atoms with Crippen molar-refractivity contribution >= 4 is 17.2 Å². The number of aryl methyl sites for hydroxylation is 1. The maximum Gasteiger partial charge on any atom is 0.264 e. The second-order valence-electron chi connectivity index (χ2n) is 5.86. The largest absolute Gasteiger partial charge is 0.508 e. The van der Waals surface area contributed by atoms with Gasteiger partial charge in [-0.25, -0.2) is 0 Å². The van der Waals surface area contributed by atoms with Gasteiger partial charge in [-0.2, -0.15) is 0 Å². The zero-order valence-electron chi connectivity index (χ0n) is 13.2. The molecule has 5 heteroatoms. The molecule has 1 aliphatic rings. The average Bonchev–Trinajstić information content (AvgIpc) is 3.19. The highest BCUT2D eigenvalue weighted by atomic mass is 32.1. The van der Waals surface area contributed by atoms with Crippen LogP contribution in [-0.4, -0.2) is 35.2 Å². The molecule has 1 aliphatic heterocycles. The van der Waals surface area contributed by atoms with Crippen molar-refractivity contribution in [3.05, 3.63) is 51.7 Å². The van der Waals surface area contributed by atoms with Crippen molar-refractivity contribution in [2.75, 3.05) is 13.2 Å². The van der Waals surface area contributed by atoms with E-state index in [9.17, 15) is 9.90 Å². The van der Waals surface area contributed by atoms with Gasteiger partial charge in [-0.1, -0.05) is 18.2 Å². The Balaban J connectivity index is 1.80. The summed E-state index contributed by atoms with van der Waals surface area (Å²) in [5.41, 5.74) is 0.757. The fraction of sp³-hybridized carbons (Fsp3) is 0.389. The van der Waals surface area contributed by atoms with Crippen molar-refractivity contribution in [1.82, 2.24) is 4.90 Å². The third-order valence-corrected chi connectivity index (χ3v) is 5.03. The van der Waals surface area contributed by atoms with E-state index in [0.717, 1.165) is 34.8 Å². The van der Waals surface area contributed by atoms with Gasteiger partial charge >= 0.3 is 0 Å². The number of para-hydroxylation sites is 1. The van der Waals surface area contributed by atoms with Crippen LogP contribution >= 0.6 is 11.3 Å². The molecule has 1 saturated heterocycles. The van der Waals surface area contributed by atoms with E-state index in [-0.39, 0.29) is 17.8 Å². The summed E-state index contributed by atoms with van der Waals surface area (Å²) >= 11 is 1.50. The number of carbonyl (C=O) groups excluding carboxylic acids is 1. The zero-order chi connectivity index (χ0) is 16.2. The lowest BCUT2D eigenvalue weighted by Gasteiger charge is -2.25. The number of amides is 1. The molecule has 1 fully saturated rings. The molecule has 3 rings (SSSR count). The highest BCUT2D eigenvalue weighted by Gasteiger charge is 2.25. The molecule has 1 N–H and O–H groups in total. The molecule has 2 aromatic rings. The second kappa shape index (κ2) is 7.15. The van der Waals surface area contributed by atoms with Crippen LogP contribution in [0.15, 0.2) is 36.4 Å². The molecule has 1 aromatic heterocycles. The zero-order valence-corrected chi connectivity index (χ0v) is 14.0. The van der Waals surface area contributed by atoms with Crippen molar-refractivity contribution in [3.8, 4) is 5.75 Å². The minimum Gasteiger partial charge on any atom is -0.508 e. The molecule has 0 bridgehead atoms. The first kappa shape index (κ1) is 16.0. The van der Waals surface area contributed by atoms with Crippen LogP contribution in [0.25, 0.3) is 0 Å².